The maximum atomic E-state index is 14.1. The van der Waals surface area contributed by atoms with Gasteiger partial charge in [0.1, 0.15) is 23.7 Å². The van der Waals surface area contributed by atoms with Crippen LogP contribution >= 0.6 is 0 Å². The molecule has 0 radical (unpaired) electrons. The lowest BCUT2D eigenvalue weighted by molar-refractivity contribution is -0.147. The Labute approximate surface area is 272 Å². The van der Waals surface area contributed by atoms with Crippen LogP contribution < -0.4 is 0 Å². The number of rotatable bonds is 9. The average molecular weight is 645 g/mol. The molecule has 0 saturated carbocycles. The topological polar surface area (TPSA) is 88.4 Å². The van der Waals surface area contributed by atoms with E-state index >= 15 is 0 Å². The third kappa shape index (κ3) is 6.99. The molecule has 2 aromatic carbocycles. The van der Waals surface area contributed by atoms with Crippen molar-refractivity contribution in [1.82, 2.24) is 19.5 Å². The third-order valence-corrected chi connectivity index (χ3v) is 13.8. The van der Waals surface area contributed by atoms with Crippen LogP contribution in [0.5, 0.6) is 0 Å². The van der Waals surface area contributed by atoms with Crippen LogP contribution in [0.2, 0.25) is 10.1 Å². The molecule has 2 atom stereocenters. The second kappa shape index (κ2) is 13.6. The van der Waals surface area contributed by atoms with E-state index in [9.17, 15) is 9.18 Å². The summed E-state index contributed by atoms with van der Waals surface area (Å²) in [6.07, 6.45) is 4.12. The highest BCUT2D eigenvalue weighted by Gasteiger charge is 2.62. The van der Waals surface area contributed by atoms with Crippen molar-refractivity contribution in [3.8, 4) is 34.0 Å². The van der Waals surface area contributed by atoms with E-state index < -0.39 is 8.56 Å². The van der Waals surface area contributed by atoms with E-state index in [1.807, 2.05) is 43.3 Å². The molecular weight excluding hydrogens is 600 g/mol. The molecule has 0 amide bonds. The van der Waals surface area contributed by atoms with Crippen molar-refractivity contribution in [3.05, 3.63) is 79.0 Å². The molecule has 2 aromatic heterocycles. The van der Waals surface area contributed by atoms with Gasteiger partial charge in [0.05, 0.1) is 36.6 Å². The summed E-state index contributed by atoms with van der Waals surface area (Å²) in [4.78, 5) is 26.5. The molecular formula is C36H45FN4O4Si. The van der Waals surface area contributed by atoms with Crippen molar-refractivity contribution < 1.29 is 22.8 Å². The summed E-state index contributed by atoms with van der Waals surface area (Å²) in [7, 11) is -2.94. The van der Waals surface area contributed by atoms with Crippen molar-refractivity contribution in [3.63, 3.8) is 0 Å². The van der Waals surface area contributed by atoms with Crippen LogP contribution in [0.25, 0.3) is 34.0 Å². The lowest BCUT2D eigenvalue weighted by atomic mass is 10.1. The number of ether oxygens (including phenoxy) is 1. The highest BCUT2D eigenvalue weighted by Crippen LogP contribution is 2.55. The fourth-order valence-electron chi connectivity index (χ4n) is 6.69. The minimum Gasteiger partial charge on any atom is -0.466 e. The van der Waals surface area contributed by atoms with Crippen molar-refractivity contribution in [2.75, 3.05) is 6.61 Å². The number of imidazole rings is 1. The second-order valence-electron chi connectivity index (χ2n) is 13.9. The summed E-state index contributed by atoms with van der Waals surface area (Å²) in [6, 6.07) is 18.4. The van der Waals surface area contributed by atoms with Crippen molar-refractivity contribution in [1.29, 1.82) is 0 Å². The molecule has 1 saturated heterocycles. The molecule has 0 spiro atoms. The molecule has 5 rings (SSSR count). The minimum absolute atomic E-state index is 0.173. The van der Waals surface area contributed by atoms with Gasteiger partial charge in [-0.3, -0.25) is 4.79 Å². The Morgan fingerprint density at radius 1 is 0.957 bits per heavy atom. The van der Waals surface area contributed by atoms with Crippen LogP contribution in [0.4, 0.5) is 4.39 Å². The van der Waals surface area contributed by atoms with E-state index in [0.717, 1.165) is 22.6 Å². The van der Waals surface area contributed by atoms with Gasteiger partial charge < -0.3 is 18.2 Å². The predicted octanol–water partition coefficient (Wildman–Crippen LogP) is 8.37. The van der Waals surface area contributed by atoms with E-state index in [2.05, 4.69) is 56.1 Å². The molecule has 244 valence electrons. The maximum Gasteiger partial charge on any atom is 0.349 e. The standard InChI is InChI=1S/C36H45FN4O4Si/c1-8-43-31(42)23-29-22-28(44-46(45-29,35(2,3)4)36(5,6)7)19-21-41-33(25-14-16-27(37)17-15-25)32(30-18-20-38-24-39-30)40-34(41)26-12-10-9-11-13-26/h9-18,20,24,28-29H,8,19,21-23H2,1-7H3. The number of hydrogen-bond acceptors (Lipinski definition) is 7. The molecule has 46 heavy (non-hydrogen) atoms. The summed E-state index contributed by atoms with van der Waals surface area (Å²) < 4.78 is 35.7. The van der Waals surface area contributed by atoms with Crippen LogP contribution in [0.3, 0.4) is 0 Å². The molecule has 1 fully saturated rings. The van der Waals surface area contributed by atoms with E-state index in [-0.39, 0.29) is 40.5 Å². The molecule has 1 aliphatic rings. The normalized spacial score (nSPS) is 18.3. The fourth-order valence-corrected chi connectivity index (χ4v) is 11.7. The smallest absolute Gasteiger partial charge is 0.349 e. The van der Waals surface area contributed by atoms with Gasteiger partial charge in [-0.2, -0.15) is 0 Å². The first-order valence-corrected chi connectivity index (χ1v) is 17.8. The predicted molar refractivity (Wildman–Crippen MR) is 179 cm³/mol. The van der Waals surface area contributed by atoms with Crippen LogP contribution in [0.15, 0.2) is 73.2 Å². The van der Waals surface area contributed by atoms with Crippen molar-refractivity contribution >= 4 is 14.5 Å². The van der Waals surface area contributed by atoms with E-state index in [1.165, 1.54) is 18.5 Å². The van der Waals surface area contributed by atoms with Gasteiger partial charge in [0, 0.05) is 33.9 Å². The number of carbonyl (C=O) groups is 1. The van der Waals surface area contributed by atoms with E-state index in [4.69, 9.17) is 18.6 Å². The fraction of sp³-hybridized carbons (Fsp3) is 0.444. The zero-order valence-electron chi connectivity index (χ0n) is 27.9. The number of aromatic nitrogens is 4. The van der Waals surface area contributed by atoms with Crippen molar-refractivity contribution in [2.45, 2.75) is 96.6 Å². The van der Waals surface area contributed by atoms with Crippen LogP contribution in [0.1, 0.15) is 67.7 Å². The number of hydrogen-bond donors (Lipinski definition) is 0. The van der Waals surface area contributed by atoms with Gasteiger partial charge in [0.2, 0.25) is 0 Å². The molecule has 0 aliphatic carbocycles. The Morgan fingerprint density at radius 2 is 1.63 bits per heavy atom. The number of nitrogens with zero attached hydrogens (tertiary/aromatic N) is 4. The second-order valence-corrected chi connectivity index (χ2v) is 18.6. The number of benzene rings is 2. The lowest BCUT2D eigenvalue weighted by Gasteiger charge is -2.55. The molecule has 1 aliphatic heterocycles. The molecule has 0 bridgehead atoms. The first kappa shape index (κ1) is 33.6. The largest absolute Gasteiger partial charge is 0.466 e. The molecule has 0 N–H and O–H groups in total. The van der Waals surface area contributed by atoms with Crippen molar-refractivity contribution in [2.24, 2.45) is 0 Å². The molecule has 3 heterocycles. The summed E-state index contributed by atoms with van der Waals surface area (Å²) >= 11 is 0. The van der Waals surface area contributed by atoms with Gasteiger partial charge >= 0.3 is 14.5 Å². The average Bonchev–Trinajstić information content (AvgIpc) is 3.39. The lowest BCUT2D eigenvalue weighted by Crippen LogP contribution is -2.63. The Hall–Kier alpha value is -3.73. The van der Waals surface area contributed by atoms with Crippen LogP contribution in [-0.4, -0.2) is 52.9 Å². The molecule has 4 aromatic rings. The molecule has 2 unspecified atom stereocenters. The highest BCUT2D eigenvalue weighted by molar-refractivity contribution is 6.73. The van der Waals surface area contributed by atoms with Gasteiger partial charge in [-0.25, -0.2) is 19.3 Å². The SMILES string of the molecule is CCOC(=O)CC1CC(CCn2c(-c3ccccc3)nc(-c3ccncn3)c2-c2ccc(F)cc2)O[Si](C(C)(C)C)(C(C)(C)C)O1. The van der Waals surface area contributed by atoms with Gasteiger partial charge in [-0.1, -0.05) is 71.9 Å². The minimum atomic E-state index is -2.94. The number of esters is 1. The summed E-state index contributed by atoms with van der Waals surface area (Å²) in [6.45, 7) is 15.8. The van der Waals surface area contributed by atoms with E-state index in [0.29, 0.717) is 37.4 Å². The first-order valence-electron chi connectivity index (χ1n) is 16.0. The summed E-state index contributed by atoms with van der Waals surface area (Å²) in [5.41, 5.74) is 3.98. The van der Waals surface area contributed by atoms with Gasteiger partial charge in [0.25, 0.3) is 0 Å². The third-order valence-electron chi connectivity index (χ3n) is 8.48. The quantitative estimate of drug-likeness (QED) is 0.134. The Morgan fingerprint density at radius 3 is 2.24 bits per heavy atom. The summed E-state index contributed by atoms with van der Waals surface area (Å²) in [5.74, 6) is 0.211. The molecule has 8 nitrogen and oxygen atoms in total. The first-order chi connectivity index (χ1) is 21.8. The zero-order chi connectivity index (χ0) is 33.1. The van der Waals surface area contributed by atoms with Crippen LogP contribution in [0, 0.1) is 5.82 Å². The molecule has 10 heteroatoms. The Kier molecular flexibility index (Phi) is 9.91. The van der Waals surface area contributed by atoms with Crippen LogP contribution in [-0.2, 0) is 24.9 Å². The zero-order valence-corrected chi connectivity index (χ0v) is 28.9. The maximum absolute atomic E-state index is 14.1. The van der Waals surface area contributed by atoms with Gasteiger partial charge in [-0.15, -0.1) is 0 Å². The summed E-state index contributed by atoms with van der Waals surface area (Å²) in [5, 5.41) is -0.527. The van der Waals surface area contributed by atoms with E-state index in [1.54, 1.807) is 18.3 Å². The Balaban J connectivity index is 1.60. The monoisotopic (exact) mass is 644 g/mol. The Bertz CT molecular complexity index is 1600. The number of carbonyl (C=O) groups excluding carboxylic acids is 1. The number of halogens is 1. The van der Waals surface area contributed by atoms with Gasteiger partial charge in [0.15, 0.2) is 0 Å². The van der Waals surface area contributed by atoms with Gasteiger partial charge in [-0.05, 0) is 50.1 Å². The highest BCUT2D eigenvalue weighted by atomic mass is 28.4.